The van der Waals surface area contributed by atoms with E-state index in [1.54, 1.807) is 6.34 Å². The van der Waals surface area contributed by atoms with Gasteiger partial charge in [-0.1, -0.05) is 146 Å². The number of hydrogen-bond acceptors (Lipinski definition) is 5. The third-order valence-electron chi connectivity index (χ3n) is 8.71. The molecule has 3 N–H and O–H groups in total. The number of amidine groups is 1. The molecule has 0 aromatic heterocycles. The van der Waals surface area contributed by atoms with E-state index in [2.05, 4.69) is 160 Å². The molecule has 2 atom stereocenters. The fraction of sp³-hybridized carbons (Fsp3) is 0.0732. The van der Waals surface area contributed by atoms with E-state index in [4.69, 9.17) is 4.99 Å². The number of nitrogens with zero attached hydrogens (tertiary/aromatic N) is 2. The second kappa shape index (κ2) is 12.3. The summed E-state index contributed by atoms with van der Waals surface area (Å²) in [5.74, 6) is 0.886. The molecule has 0 aliphatic carbocycles. The first-order valence-corrected chi connectivity index (χ1v) is 15.7. The van der Waals surface area contributed by atoms with Crippen molar-refractivity contribution in [2.24, 2.45) is 9.98 Å². The molecule has 0 radical (unpaired) electrons. The number of rotatable bonds is 6. The molecule has 2 unspecified atom stereocenters. The minimum absolute atomic E-state index is 0.0618. The molecule has 5 nitrogen and oxygen atoms in total. The first-order valence-electron chi connectivity index (χ1n) is 15.7. The van der Waals surface area contributed by atoms with Gasteiger partial charge in [-0.3, -0.25) is 5.32 Å². The van der Waals surface area contributed by atoms with Crippen molar-refractivity contribution in [2.75, 3.05) is 6.54 Å². The quantitative estimate of drug-likeness (QED) is 0.181. The summed E-state index contributed by atoms with van der Waals surface area (Å²) in [6.07, 6.45) is 3.63. The van der Waals surface area contributed by atoms with Crippen molar-refractivity contribution in [2.45, 2.75) is 12.3 Å². The van der Waals surface area contributed by atoms with Gasteiger partial charge in [0.25, 0.3) is 0 Å². The third-order valence-corrected chi connectivity index (χ3v) is 8.71. The highest BCUT2D eigenvalue weighted by Crippen LogP contribution is 2.37. The minimum atomic E-state index is -0.191. The Morgan fingerprint density at radius 2 is 1.11 bits per heavy atom. The molecular formula is C41H33N5. The highest BCUT2D eigenvalue weighted by molar-refractivity contribution is 6.05. The van der Waals surface area contributed by atoms with Gasteiger partial charge in [0.2, 0.25) is 0 Å². The van der Waals surface area contributed by atoms with Crippen LogP contribution in [0, 0.1) is 0 Å². The van der Waals surface area contributed by atoms with Crippen molar-refractivity contribution >= 4 is 28.6 Å². The third kappa shape index (κ3) is 5.49. The van der Waals surface area contributed by atoms with Gasteiger partial charge in [-0.05, 0) is 55.8 Å². The molecule has 46 heavy (non-hydrogen) atoms. The van der Waals surface area contributed by atoms with Crippen molar-refractivity contribution in [3.05, 3.63) is 174 Å². The van der Waals surface area contributed by atoms with E-state index in [0.29, 0.717) is 0 Å². The molecule has 0 amide bonds. The van der Waals surface area contributed by atoms with Crippen LogP contribution < -0.4 is 16.0 Å². The van der Waals surface area contributed by atoms with E-state index in [0.717, 1.165) is 34.8 Å². The molecule has 222 valence electrons. The largest absolute Gasteiger partial charge is 0.373 e. The lowest BCUT2D eigenvalue weighted by atomic mass is 9.91. The summed E-state index contributed by atoms with van der Waals surface area (Å²) >= 11 is 0. The Morgan fingerprint density at radius 3 is 1.74 bits per heavy atom. The molecule has 0 fully saturated rings. The second-order valence-corrected chi connectivity index (χ2v) is 11.6. The molecule has 2 heterocycles. The summed E-state index contributed by atoms with van der Waals surface area (Å²) in [6, 6.07) is 51.6. The Morgan fingerprint density at radius 1 is 0.522 bits per heavy atom. The number of nitrogens with one attached hydrogen (secondary N) is 3. The van der Waals surface area contributed by atoms with Crippen molar-refractivity contribution in [3.8, 4) is 22.3 Å². The van der Waals surface area contributed by atoms with Gasteiger partial charge >= 0.3 is 0 Å². The fourth-order valence-electron chi connectivity index (χ4n) is 6.33. The summed E-state index contributed by atoms with van der Waals surface area (Å²) in [4.78, 5) is 9.59. The van der Waals surface area contributed by atoms with Gasteiger partial charge in [0.15, 0.2) is 0 Å². The van der Waals surface area contributed by atoms with Crippen LogP contribution in [0.4, 0.5) is 0 Å². The van der Waals surface area contributed by atoms with E-state index in [9.17, 15) is 0 Å². The Bertz CT molecular complexity index is 2080. The van der Waals surface area contributed by atoms with Gasteiger partial charge in [-0.2, -0.15) is 0 Å². The monoisotopic (exact) mass is 595 g/mol. The summed E-state index contributed by atoms with van der Waals surface area (Å²) in [5, 5.41) is 12.9. The maximum Gasteiger partial charge on any atom is 0.131 e. The van der Waals surface area contributed by atoms with Gasteiger partial charge in [-0.15, -0.1) is 0 Å². The molecule has 0 spiro atoms. The van der Waals surface area contributed by atoms with E-state index in [1.165, 1.54) is 38.6 Å². The average molecular weight is 596 g/mol. The number of fused-ring (bicyclic) bond motifs is 1. The van der Waals surface area contributed by atoms with Gasteiger partial charge in [0.1, 0.15) is 18.2 Å². The van der Waals surface area contributed by atoms with Crippen LogP contribution in [0.3, 0.4) is 0 Å². The smallest absolute Gasteiger partial charge is 0.131 e. The number of aliphatic imine (C=N–C) groups is 2. The summed E-state index contributed by atoms with van der Waals surface area (Å²) < 4.78 is 0. The molecule has 5 heteroatoms. The van der Waals surface area contributed by atoms with Crippen LogP contribution in [-0.2, 0) is 0 Å². The lowest BCUT2D eigenvalue weighted by molar-refractivity contribution is 0.409. The Labute approximate surface area is 269 Å². The number of benzene rings is 6. The second-order valence-electron chi connectivity index (χ2n) is 11.6. The molecule has 8 rings (SSSR count). The predicted octanol–water partition coefficient (Wildman–Crippen LogP) is 8.48. The van der Waals surface area contributed by atoms with Crippen LogP contribution in [0.1, 0.15) is 34.6 Å². The molecule has 2 aliphatic heterocycles. The standard InChI is InChI=1S/C41H33N5/c1-3-9-31(10-4-1)39-44-40(32-11-5-2-6-12-32)46-41(45-39)33-21-17-29(18-22-33)35-24-23-34(36-13-7-8-14-37(35)36)28-15-19-30(20-16-28)38-25-26-42-27-43-38/h1-25,27,39,41,45H,26H2,(H,42,43)(H,44,46). The molecule has 0 bridgehead atoms. The highest BCUT2D eigenvalue weighted by atomic mass is 15.3. The van der Waals surface area contributed by atoms with Crippen LogP contribution in [0.2, 0.25) is 0 Å². The summed E-state index contributed by atoms with van der Waals surface area (Å²) in [5.41, 5.74) is 10.3. The Kier molecular flexibility index (Phi) is 7.43. The SMILES string of the molecule is C1=NC(c2ccc(-c3ccc(-c4ccc(C5N=C(c6ccccc6)NC(c6ccccc6)N5)cc4)c4ccccc34)cc2)=CCN1. The minimum Gasteiger partial charge on any atom is -0.373 e. The Hall–Kier alpha value is -5.78. The highest BCUT2D eigenvalue weighted by Gasteiger charge is 2.25. The Balaban J connectivity index is 1.11. The molecule has 0 saturated carbocycles. The normalized spacial score (nSPS) is 17.5. The van der Waals surface area contributed by atoms with E-state index in [-0.39, 0.29) is 12.3 Å². The van der Waals surface area contributed by atoms with Crippen LogP contribution in [0.5, 0.6) is 0 Å². The fourth-order valence-corrected chi connectivity index (χ4v) is 6.33. The molecule has 6 aromatic carbocycles. The van der Waals surface area contributed by atoms with E-state index in [1.807, 2.05) is 12.1 Å². The maximum absolute atomic E-state index is 5.11. The topological polar surface area (TPSA) is 60.8 Å². The van der Waals surface area contributed by atoms with Crippen LogP contribution in [0.15, 0.2) is 162 Å². The zero-order valence-corrected chi connectivity index (χ0v) is 25.3. The zero-order chi connectivity index (χ0) is 30.7. The maximum atomic E-state index is 5.11. The van der Waals surface area contributed by atoms with Crippen LogP contribution >= 0.6 is 0 Å². The van der Waals surface area contributed by atoms with Crippen molar-refractivity contribution in [1.82, 2.24) is 16.0 Å². The van der Waals surface area contributed by atoms with Gasteiger partial charge in [-0.25, -0.2) is 9.98 Å². The first-order chi connectivity index (χ1) is 22.8. The molecule has 0 saturated heterocycles. The summed E-state index contributed by atoms with van der Waals surface area (Å²) in [6.45, 7) is 0.804. The molecule has 6 aromatic rings. The lowest BCUT2D eigenvalue weighted by Gasteiger charge is -2.32. The molecule has 2 aliphatic rings. The summed E-state index contributed by atoms with van der Waals surface area (Å²) in [7, 11) is 0. The predicted molar refractivity (Wildman–Crippen MR) is 190 cm³/mol. The zero-order valence-electron chi connectivity index (χ0n) is 25.3. The van der Waals surface area contributed by atoms with Gasteiger partial charge in [0, 0.05) is 12.1 Å². The average Bonchev–Trinajstić information content (AvgIpc) is 3.15. The first kappa shape index (κ1) is 27.7. The van der Waals surface area contributed by atoms with Gasteiger partial charge in [0.05, 0.1) is 12.0 Å². The molecular weight excluding hydrogens is 562 g/mol. The van der Waals surface area contributed by atoms with Crippen molar-refractivity contribution in [1.29, 1.82) is 0 Å². The van der Waals surface area contributed by atoms with E-state index >= 15 is 0 Å². The van der Waals surface area contributed by atoms with E-state index < -0.39 is 0 Å². The van der Waals surface area contributed by atoms with Gasteiger partial charge < -0.3 is 10.6 Å². The van der Waals surface area contributed by atoms with Crippen molar-refractivity contribution in [3.63, 3.8) is 0 Å². The van der Waals surface area contributed by atoms with Crippen LogP contribution in [-0.4, -0.2) is 18.7 Å². The number of hydrogen-bond donors (Lipinski definition) is 3. The lowest BCUT2D eigenvalue weighted by Crippen LogP contribution is -2.44. The van der Waals surface area contributed by atoms with Crippen molar-refractivity contribution < 1.29 is 0 Å². The van der Waals surface area contributed by atoms with Crippen LogP contribution in [0.25, 0.3) is 38.7 Å².